The van der Waals surface area contributed by atoms with Crippen molar-refractivity contribution in [3.05, 3.63) is 35.9 Å². The van der Waals surface area contributed by atoms with Crippen LogP contribution >= 0.6 is 22.4 Å². The Bertz CT molecular complexity index is 661. The Balaban J connectivity index is 2.22. The second kappa shape index (κ2) is 11.4. The van der Waals surface area contributed by atoms with Gasteiger partial charge >= 0.3 is 0 Å². The molecule has 1 aromatic carbocycles. The molecule has 6 nitrogen and oxygen atoms in total. The number of hydrogen-bond donors (Lipinski definition) is 1. The first-order valence-electron chi connectivity index (χ1n) is 7.92. The number of thioether (sulfide) groups is 1. The predicted octanol–water partition coefficient (Wildman–Crippen LogP) is 4.33. The van der Waals surface area contributed by atoms with Gasteiger partial charge in [0.15, 0.2) is 0 Å². The largest absolute Gasteiger partial charge is 0.390 e. The zero-order valence-electron chi connectivity index (χ0n) is 14.7. The molecule has 0 aliphatic heterocycles. The summed E-state index contributed by atoms with van der Waals surface area (Å²) in [6.07, 6.45) is 3.13. The van der Waals surface area contributed by atoms with Crippen LogP contribution in [0.15, 0.2) is 46.1 Å². The summed E-state index contributed by atoms with van der Waals surface area (Å²) in [4.78, 5) is 2.03. The third kappa shape index (κ3) is 11.1. The molecule has 0 fully saturated rings. The van der Waals surface area contributed by atoms with Crippen molar-refractivity contribution in [2.45, 2.75) is 25.1 Å². The van der Waals surface area contributed by atoms with E-state index in [2.05, 4.69) is 15.5 Å². The van der Waals surface area contributed by atoms with Gasteiger partial charge in [-0.15, -0.1) is 11.8 Å². The smallest absolute Gasteiger partial charge is 0.232 e. The summed E-state index contributed by atoms with van der Waals surface area (Å²) in [5.74, 6) is 0.0155. The average Bonchev–Trinajstić information content (AvgIpc) is 2.54. The maximum atomic E-state index is 10.8. The van der Waals surface area contributed by atoms with Crippen LogP contribution in [0.2, 0.25) is 0 Å². The topological polar surface area (TPSA) is 74.1 Å². The zero-order valence-corrected chi connectivity index (χ0v) is 17.1. The lowest BCUT2D eigenvalue weighted by Crippen LogP contribution is -2.08. The van der Waals surface area contributed by atoms with Gasteiger partial charge in [0, 0.05) is 43.2 Å². The van der Waals surface area contributed by atoms with E-state index < -0.39 is 9.05 Å². The van der Waals surface area contributed by atoms with Gasteiger partial charge in [-0.3, -0.25) is 0 Å². The van der Waals surface area contributed by atoms with Crippen LogP contribution in [0.1, 0.15) is 19.8 Å². The molecule has 0 saturated carbocycles. The minimum absolute atomic E-state index is 0.00738. The molecular formula is C16H25ClN4O2S2. The summed E-state index contributed by atoms with van der Waals surface area (Å²) in [5.41, 5.74) is 1.95. The molecule has 1 rings (SSSR count). The third-order valence-electron chi connectivity index (χ3n) is 3.12. The van der Waals surface area contributed by atoms with Gasteiger partial charge in [-0.1, -0.05) is 0 Å². The Kier molecular flexibility index (Phi) is 9.92. The van der Waals surface area contributed by atoms with E-state index >= 15 is 0 Å². The summed E-state index contributed by atoms with van der Waals surface area (Å²) in [6.45, 7) is 2.68. The maximum Gasteiger partial charge on any atom is 0.232 e. The minimum Gasteiger partial charge on any atom is -0.390 e. The van der Waals surface area contributed by atoms with Crippen molar-refractivity contribution in [3.63, 3.8) is 0 Å². The van der Waals surface area contributed by atoms with E-state index in [-0.39, 0.29) is 11.1 Å². The highest BCUT2D eigenvalue weighted by Crippen LogP contribution is 2.20. The van der Waals surface area contributed by atoms with Crippen LogP contribution in [0.25, 0.3) is 0 Å². The Labute approximate surface area is 159 Å². The minimum atomic E-state index is -3.37. The van der Waals surface area contributed by atoms with E-state index in [0.29, 0.717) is 13.0 Å². The molecule has 0 bridgehead atoms. The van der Waals surface area contributed by atoms with Gasteiger partial charge in [0.25, 0.3) is 0 Å². The van der Waals surface area contributed by atoms with E-state index in [4.69, 9.17) is 10.7 Å². The fourth-order valence-corrected chi connectivity index (χ4v) is 3.16. The van der Waals surface area contributed by atoms with Crippen LogP contribution in [-0.4, -0.2) is 40.2 Å². The third-order valence-corrected chi connectivity index (χ3v) is 5.14. The first kappa shape index (κ1) is 21.8. The van der Waals surface area contributed by atoms with Crippen LogP contribution < -0.4 is 10.2 Å². The average molecular weight is 405 g/mol. The number of nitrogens with zero attached hydrogens (tertiary/aromatic N) is 3. The lowest BCUT2D eigenvalue weighted by molar-refractivity contribution is 0.604. The fourth-order valence-electron chi connectivity index (χ4n) is 1.78. The number of halogens is 1. The number of rotatable bonds is 11. The highest BCUT2D eigenvalue weighted by Gasteiger charge is 2.03. The summed E-state index contributed by atoms with van der Waals surface area (Å²) in [5, 5.41) is 13.5. The molecule has 0 heterocycles. The number of unbranched alkanes of at least 4 members (excludes halogenated alkanes) is 1. The molecule has 0 aliphatic carbocycles. The SMILES string of the molecule is CC(N=Nc1ccc(N(C)C)cc1)S/C=C\NCCCCS(=O)(=O)Cl. The molecular weight excluding hydrogens is 380 g/mol. The highest BCUT2D eigenvalue weighted by atomic mass is 35.7. The van der Waals surface area contributed by atoms with Crippen LogP contribution in [0.4, 0.5) is 11.4 Å². The quantitative estimate of drug-likeness (QED) is 0.337. The van der Waals surface area contributed by atoms with Crippen LogP contribution in [-0.2, 0) is 9.05 Å². The number of azo groups is 1. The van der Waals surface area contributed by atoms with Crippen molar-refractivity contribution in [2.75, 3.05) is 31.3 Å². The lowest BCUT2D eigenvalue weighted by Gasteiger charge is -2.11. The first-order chi connectivity index (χ1) is 11.8. The summed E-state index contributed by atoms with van der Waals surface area (Å²) >= 11 is 1.54. The monoisotopic (exact) mass is 404 g/mol. The van der Waals surface area contributed by atoms with Crippen LogP contribution in [0, 0.1) is 0 Å². The zero-order chi connectivity index (χ0) is 18.7. The molecule has 0 aliphatic rings. The molecule has 9 heteroatoms. The standard InChI is InChI=1S/C16H25ClN4O2S2/c1-14(19-20-15-6-8-16(9-7-15)21(2)3)24-12-11-18-10-4-5-13-25(17,22)23/h6-9,11-12,14,18H,4-5,10,13H2,1-3H3/b12-11-,20-19?. The molecule has 1 unspecified atom stereocenters. The first-order valence-corrected chi connectivity index (χ1v) is 11.3. The highest BCUT2D eigenvalue weighted by molar-refractivity contribution is 8.13. The molecule has 0 radical (unpaired) electrons. The molecule has 0 aromatic heterocycles. The lowest BCUT2D eigenvalue weighted by atomic mass is 10.3. The second-order valence-corrected chi connectivity index (χ2v) is 9.69. The number of hydrogen-bond acceptors (Lipinski definition) is 7. The molecule has 1 N–H and O–H groups in total. The van der Waals surface area contributed by atoms with Crippen molar-refractivity contribution >= 4 is 42.9 Å². The van der Waals surface area contributed by atoms with Gasteiger partial charge in [-0.2, -0.15) is 10.2 Å². The van der Waals surface area contributed by atoms with Gasteiger partial charge in [0.05, 0.1) is 11.4 Å². The Morgan fingerprint density at radius 3 is 2.56 bits per heavy atom. The van der Waals surface area contributed by atoms with Gasteiger partial charge < -0.3 is 10.2 Å². The van der Waals surface area contributed by atoms with Crippen LogP contribution in [0.3, 0.4) is 0 Å². The van der Waals surface area contributed by atoms with Crippen molar-refractivity contribution in [1.29, 1.82) is 0 Å². The molecule has 25 heavy (non-hydrogen) atoms. The van der Waals surface area contributed by atoms with Gasteiger partial charge in [-0.25, -0.2) is 8.42 Å². The second-order valence-electron chi connectivity index (χ2n) is 5.57. The van der Waals surface area contributed by atoms with Gasteiger partial charge in [0.2, 0.25) is 9.05 Å². The summed E-state index contributed by atoms with van der Waals surface area (Å²) < 4.78 is 21.5. The van der Waals surface area contributed by atoms with Gasteiger partial charge in [-0.05, 0) is 49.4 Å². The maximum absolute atomic E-state index is 10.8. The molecule has 140 valence electrons. The van der Waals surface area contributed by atoms with E-state index in [1.165, 1.54) is 0 Å². The van der Waals surface area contributed by atoms with Crippen molar-refractivity contribution in [1.82, 2.24) is 5.32 Å². The molecule has 1 atom stereocenters. The van der Waals surface area contributed by atoms with E-state index in [1.54, 1.807) is 11.8 Å². The normalized spacial score (nSPS) is 13.4. The van der Waals surface area contributed by atoms with Crippen molar-refractivity contribution < 1.29 is 8.42 Å². The number of anilines is 1. The predicted molar refractivity (Wildman–Crippen MR) is 108 cm³/mol. The summed E-state index contributed by atoms with van der Waals surface area (Å²) in [7, 11) is 5.76. The van der Waals surface area contributed by atoms with Crippen molar-refractivity contribution in [2.24, 2.45) is 10.2 Å². The Hall–Kier alpha value is -1.25. The molecule has 0 amide bonds. The number of benzene rings is 1. The summed E-state index contributed by atoms with van der Waals surface area (Å²) in [6, 6.07) is 7.89. The van der Waals surface area contributed by atoms with E-state index in [9.17, 15) is 8.42 Å². The van der Waals surface area contributed by atoms with Crippen molar-refractivity contribution in [3.8, 4) is 0 Å². The Morgan fingerprint density at radius 1 is 1.28 bits per heavy atom. The molecule has 0 saturated heterocycles. The molecule has 1 aromatic rings. The van der Waals surface area contributed by atoms with E-state index in [0.717, 1.165) is 17.8 Å². The fraction of sp³-hybridized carbons (Fsp3) is 0.500. The Morgan fingerprint density at radius 2 is 1.96 bits per heavy atom. The van der Waals surface area contributed by atoms with Crippen LogP contribution in [0.5, 0.6) is 0 Å². The number of nitrogens with one attached hydrogen (secondary N) is 1. The molecule has 0 spiro atoms. The van der Waals surface area contributed by atoms with Gasteiger partial charge in [0.1, 0.15) is 5.37 Å². The van der Waals surface area contributed by atoms with E-state index in [1.807, 2.05) is 61.8 Å².